The number of urea groups is 1. The number of rotatable bonds is 2. The Morgan fingerprint density at radius 2 is 2.18 bits per heavy atom. The molecule has 1 saturated heterocycles. The summed E-state index contributed by atoms with van der Waals surface area (Å²) in [5.41, 5.74) is 1.77. The number of carbonyl (C=O) groups is 2. The molecule has 5 nitrogen and oxygen atoms in total. The lowest BCUT2D eigenvalue weighted by Gasteiger charge is -2.11. The second-order valence-electron chi connectivity index (χ2n) is 3.56. The molecule has 1 fully saturated rings. The van der Waals surface area contributed by atoms with Crippen LogP contribution >= 0.6 is 0 Å². The van der Waals surface area contributed by atoms with Crippen molar-refractivity contribution >= 4 is 18.0 Å². The van der Waals surface area contributed by atoms with E-state index in [1.165, 1.54) is 0 Å². The van der Waals surface area contributed by atoms with Crippen LogP contribution in [0.3, 0.4) is 0 Å². The van der Waals surface area contributed by atoms with Gasteiger partial charge in [0.2, 0.25) is 0 Å². The summed E-state index contributed by atoms with van der Waals surface area (Å²) < 4.78 is 0. The minimum absolute atomic E-state index is 0.400. The number of amides is 3. The third-order valence-electron chi connectivity index (χ3n) is 2.52. The van der Waals surface area contributed by atoms with Crippen molar-refractivity contribution in [3.63, 3.8) is 0 Å². The van der Waals surface area contributed by atoms with Crippen molar-refractivity contribution < 1.29 is 9.59 Å². The van der Waals surface area contributed by atoms with Crippen LogP contribution in [-0.2, 0) is 4.79 Å². The van der Waals surface area contributed by atoms with Gasteiger partial charge in [-0.25, -0.2) is 4.79 Å². The summed E-state index contributed by atoms with van der Waals surface area (Å²) in [5, 5.41) is 13.4. The summed E-state index contributed by atoms with van der Waals surface area (Å²) in [6, 6.07) is 5.64. The molecule has 0 bridgehead atoms. The van der Waals surface area contributed by atoms with Gasteiger partial charge in [0.05, 0.1) is 11.6 Å². The Morgan fingerprint density at radius 1 is 1.41 bits per heavy atom. The zero-order valence-electron chi connectivity index (χ0n) is 8.86. The van der Waals surface area contributed by atoms with Crippen molar-refractivity contribution in [2.45, 2.75) is 6.04 Å². The number of nitrogens with one attached hydrogen (secondary N) is 2. The molecule has 5 heteroatoms. The van der Waals surface area contributed by atoms with E-state index in [1.54, 1.807) is 24.3 Å². The van der Waals surface area contributed by atoms with E-state index < -0.39 is 18.0 Å². The number of carbonyl (C=O) groups excluding carboxylic acids is 2. The molecule has 0 aliphatic carbocycles. The van der Waals surface area contributed by atoms with Gasteiger partial charge in [0.15, 0.2) is 0 Å². The summed E-state index contributed by atoms with van der Waals surface area (Å²) in [5.74, 6) is -0.400. The van der Waals surface area contributed by atoms with E-state index in [9.17, 15) is 9.59 Å². The van der Waals surface area contributed by atoms with Crippen LogP contribution in [0.4, 0.5) is 4.79 Å². The van der Waals surface area contributed by atoms with Gasteiger partial charge in [-0.05, 0) is 23.3 Å². The van der Waals surface area contributed by atoms with Crippen LogP contribution in [0.25, 0.3) is 6.08 Å². The van der Waals surface area contributed by atoms with Gasteiger partial charge < -0.3 is 5.32 Å². The van der Waals surface area contributed by atoms with Gasteiger partial charge in [0.1, 0.15) is 6.04 Å². The van der Waals surface area contributed by atoms with E-state index in [4.69, 9.17) is 5.26 Å². The van der Waals surface area contributed by atoms with Crippen LogP contribution in [0.1, 0.15) is 22.7 Å². The molecule has 0 saturated carbocycles. The molecule has 1 atom stereocenters. The minimum Gasteiger partial charge on any atom is -0.322 e. The first-order chi connectivity index (χ1) is 8.15. The van der Waals surface area contributed by atoms with Gasteiger partial charge in [0, 0.05) is 0 Å². The van der Waals surface area contributed by atoms with Crippen LogP contribution in [-0.4, -0.2) is 11.9 Å². The largest absolute Gasteiger partial charge is 0.322 e. The third-order valence-corrected chi connectivity index (χ3v) is 2.52. The summed E-state index contributed by atoms with van der Waals surface area (Å²) in [4.78, 5) is 22.6. The molecule has 0 spiro atoms. The fourth-order valence-corrected chi connectivity index (χ4v) is 1.72. The molecule has 17 heavy (non-hydrogen) atoms. The molecule has 1 aliphatic rings. The van der Waals surface area contributed by atoms with Crippen LogP contribution in [0.5, 0.6) is 0 Å². The maximum Gasteiger partial charge on any atom is 0.322 e. The Bertz CT molecular complexity index is 557. The highest BCUT2D eigenvalue weighted by atomic mass is 16.2. The molecule has 3 amide bonds. The molecule has 1 aromatic rings. The SMILES string of the molecule is C=Cc1cc(C#N)ccc1C1NC(=O)NC1=O. The van der Waals surface area contributed by atoms with Crippen LogP contribution in [0.2, 0.25) is 0 Å². The summed E-state index contributed by atoms with van der Waals surface area (Å²) in [7, 11) is 0. The highest BCUT2D eigenvalue weighted by Crippen LogP contribution is 2.23. The minimum atomic E-state index is -0.719. The molecule has 1 aliphatic heterocycles. The molecule has 1 unspecified atom stereocenters. The Balaban J connectivity index is 2.46. The molecular weight excluding hydrogens is 218 g/mol. The number of nitrogens with zero attached hydrogens (tertiary/aromatic N) is 1. The maximum atomic E-state index is 11.5. The van der Waals surface area contributed by atoms with E-state index >= 15 is 0 Å². The van der Waals surface area contributed by atoms with Crippen LogP contribution in [0.15, 0.2) is 24.8 Å². The van der Waals surface area contributed by atoms with E-state index in [0.29, 0.717) is 16.7 Å². The van der Waals surface area contributed by atoms with E-state index in [-0.39, 0.29) is 0 Å². The van der Waals surface area contributed by atoms with E-state index in [1.807, 2.05) is 6.07 Å². The average Bonchev–Trinajstić information content (AvgIpc) is 2.67. The number of nitriles is 1. The topological polar surface area (TPSA) is 82.0 Å². The highest BCUT2D eigenvalue weighted by molar-refractivity contribution is 6.04. The second-order valence-corrected chi connectivity index (χ2v) is 3.56. The first-order valence-corrected chi connectivity index (χ1v) is 4.93. The number of hydrogen-bond donors (Lipinski definition) is 2. The van der Waals surface area contributed by atoms with Gasteiger partial charge in [-0.15, -0.1) is 0 Å². The quantitative estimate of drug-likeness (QED) is 0.742. The highest BCUT2D eigenvalue weighted by Gasteiger charge is 2.31. The van der Waals surface area contributed by atoms with Crippen LogP contribution in [0, 0.1) is 11.3 Å². The summed E-state index contributed by atoms with van der Waals surface area (Å²) in [6.45, 7) is 3.63. The lowest BCUT2D eigenvalue weighted by Crippen LogP contribution is -2.22. The first kappa shape index (κ1) is 10.9. The third kappa shape index (κ3) is 1.88. The van der Waals surface area contributed by atoms with Gasteiger partial charge in [0.25, 0.3) is 5.91 Å². The molecule has 1 aromatic carbocycles. The van der Waals surface area contributed by atoms with Crippen molar-refractivity contribution in [2.75, 3.05) is 0 Å². The lowest BCUT2D eigenvalue weighted by atomic mass is 9.98. The predicted octanol–water partition coefficient (Wildman–Crippen LogP) is 1.08. The maximum absolute atomic E-state index is 11.5. The molecule has 0 aromatic heterocycles. The normalized spacial score (nSPS) is 18.2. The fraction of sp³-hybridized carbons (Fsp3) is 0.0833. The molecule has 84 valence electrons. The predicted molar refractivity (Wildman–Crippen MR) is 60.7 cm³/mol. The number of hydrogen-bond acceptors (Lipinski definition) is 3. The Labute approximate surface area is 97.7 Å². The smallest absolute Gasteiger partial charge is 0.322 e. The van der Waals surface area contributed by atoms with Crippen molar-refractivity contribution in [2.24, 2.45) is 0 Å². The lowest BCUT2D eigenvalue weighted by molar-refractivity contribution is -0.120. The van der Waals surface area contributed by atoms with E-state index in [2.05, 4.69) is 17.2 Å². The Hall–Kier alpha value is -2.61. The van der Waals surface area contributed by atoms with E-state index in [0.717, 1.165) is 0 Å². The van der Waals surface area contributed by atoms with Crippen molar-refractivity contribution in [3.8, 4) is 6.07 Å². The van der Waals surface area contributed by atoms with Gasteiger partial charge in [-0.3, -0.25) is 10.1 Å². The molecule has 1 heterocycles. The molecular formula is C12H9N3O2. The average molecular weight is 227 g/mol. The standard InChI is InChI=1S/C12H9N3O2/c1-2-8-5-7(6-13)3-4-9(8)10-11(16)15-12(17)14-10/h2-5,10H,1H2,(H2,14,15,16,17). The first-order valence-electron chi connectivity index (χ1n) is 4.93. The zero-order chi connectivity index (χ0) is 12.4. The fourth-order valence-electron chi connectivity index (χ4n) is 1.72. The molecule has 2 rings (SSSR count). The summed E-state index contributed by atoms with van der Waals surface area (Å²) in [6.07, 6.45) is 1.55. The second kappa shape index (κ2) is 4.10. The zero-order valence-corrected chi connectivity index (χ0v) is 8.86. The monoisotopic (exact) mass is 227 g/mol. The Kier molecular flexibility index (Phi) is 2.63. The van der Waals surface area contributed by atoms with Crippen LogP contribution < -0.4 is 10.6 Å². The van der Waals surface area contributed by atoms with Gasteiger partial charge in [-0.2, -0.15) is 5.26 Å². The van der Waals surface area contributed by atoms with Crippen molar-refractivity contribution in [3.05, 3.63) is 41.5 Å². The molecule has 0 radical (unpaired) electrons. The number of benzene rings is 1. The summed E-state index contributed by atoms with van der Waals surface area (Å²) >= 11 is 0. The van der Waals surface area contributed by atoms with Gasteiger partial charge in [-0.1, -0.05) is 18.7 Å². The Morgan fingerprint density at radius 3 is 2.71 bits per heavy atom. The van der Waals surface area contributed by atoms with Crippen molar-refractivity contribution in [1.82, 2.24) is 10.6 Å². The molecule has 2 N–H and O–H groups in total. The van der Waals surface area contributed by atoms with Crippen molar-refractivity contribution in [1.29, 1.82) is 5.26 Å². The van der Waals surface area contributed by atoms with Gasteiger partial charge >= 0.3 is 6.03 Å². The number of imide groups is 1.